The Morgan fingerprint density at radius 2 is 2.15 bits per heavy atom. The van der Waals surface area contributed by atoms with Crippen LogP contribution in [-0.4, -0.2) is 25.7 Å². The number of aliphatic carboxylic acids is 1. The summed E-state index contributed by atoms with van der Waals surface area (Å²) in [4.78, 5) is 11.0. The predicted octanol–water partition coefficient (Wildman–Crippen LogP) is 1.28. The Bertz CT molecular complexity index is 251. The Morgan fingerprint density at radius 3 is 2.46 bits per heavy atom. The highest BCUT2D eigenvalue weighted by molar-refractivity contribution is 14.1. The van der Waals surface area contributed by atoms with Gasteiger partial charge in [0.25, 0.3) is 0 Å². The second-order valence-electron chi connectivity index (χ2n) is 4.33. The number of rotatable bonds is 1. The van der Waals surface area contributed by atoms with Crippen LogP contribution in [0.4, 0.5) is 0 Å². The fourth-order valence-electron chi connectivity index (χ4n) is 3.05. The molecule has 2 saturated carbocycles. The minimum Gasteiger partial charge on any atom is -0.481 e. The number of aliphatic hydroxyl groups is 1. The van der Waals surface area contributed by atoms with Crippen LogP contribution in [0, 0.1) is 17.8 Å². The first-order valence-corrected chi connectivity index (χ1v) is 5.80. The summed E-state index contributed by atoms with van der Waals surface area (Å²) in [5, 5.41) is 19.1. The predicted molar refractivity (Wildman–Crippen MR) is 55.8 cm³/mol. The summed E-state index contributed by atoms with van der Waals surface area (Å²) in [6.45, 7) is 1.68. The molecule has 0 unspecified atom stereocenters. The zero-order valence-electron chi connectivity index (χ0n) is 7.40. The van der Waals surface area contributed by atoms with E-state index in [9.17, 15) is 9.90 Å². The van der Waals surface area contributed by atoms with E-state index in [1.165, 1.54) is 0 Å². The first-order valence-electron chi connectivity index (χ1n) is 4.55. The van der Waals surface area contributed by atoms with Crippen molar-refractivity contribution in [1.29, 1.82) is 0 Å². The second kappa shape index (κ2) is 2.82. The summed E-state index contributed by atoms with van der Waals surface area (Å²) in [7, 11) is 0. The van der Waals surface area contributed by atoms with Gasteiger partial charge < -0.3 is 10.2 Å². The van der Waals surface area contributed by atoms with Gasteiger partial charge in [-0.2, -0.15) is 0 Å². The van der Waals surface area contributed by atoms with E-state index in [-0.39, 0.29) is 11.8 Å². The van der Waals surface area contributed by atoms with Crippen LogP contribution in [0.25, 0.3) is 0 Å². The summed E-state index contributed by atoms with van der Waals surface area (Å²) in [5.74, 6) is -1.02. The van der Waals surface area contributed by atoms with Gasteiger partial charge in [0.15, 0.2) is 0 Å². The zero-order chi connectivity index (χ0) is 9.80. The van der Waals surface area contributed by atoms with Crippen LogP contribution in [-0.2, 0) is 4.79 Å². The first-order chi connectivity index (χ1) is 5.96. The molecular formula is C9H13IO3. The van der Waals surface area contributed by atoms with E-state index in [1.54, 1.807) is 6.92 Å². The molecule has 3 nitrogen and oxygen atoms in total. The lowest BCUT2D eigenvalue weighted by molar-refractivity contribution is -0.155. The van der Waals surface area contributed by atoms with Crippen molar-refractivity contribution in [2.75, 3.05) is 0 Å². The van der Waals surface area contributed by atoms with Gasteiger partial charge in [-0.15, -0.1) is 0 Å². The van der Waals surface area contributed by atoms with Crippen LogP contribution in [0.15, 0.2) is 0 Å². The maximum absolute atomic E-state index is 11.0. The first kappa shape index (κ1) is 9.71. The summed E-state index contributed by atoms with van der Waals surface area (Å²) in [5.41, 5.74) is -0.986. The maximum Gasteiger partial charge on any atom is 0.309 e. The van der Waals surface area contributed by atoms with Crippen molar-refractivity contribution >= 4 is 28.6 Å². The van der Waals surface area contributed by atoms with Crippen molar-refractivity contribution in [1.82, 2.24) is 0 Å². The molecule has 0 aromatic carbocycles. The molecule has 4 heteroatoms. The summed E-state index contributed by atoms with van der Waals surface area (Å²) >= 11 is 2.30. The molecule has 2 aliphatic carbocycles. The number of halogens is 1. The van der Waals surface area contributed by atoms with Gasteiger partial charge in [-0.3, -0.25) is 4.79 Å². The SMILES string of the molecule is C[C@]1(O)[C@H]2CC[C@@H]([C@H]2I)[C@@H]1C(=O)O. The van der Waals surface area contributed by atoms with Crippen LogP contribution in [0.1, 0.15) is 19.8 Å². The van der Waals surface area contributed by atoms with Gasteiger partial charge in [0.2, 0.25) is 0 Å². The molecule has 0 heterocycles. The highest BCUT2D eigenvalue weighted by Gasteiger charge is 2.62. The average molecular weight is 296 g/mol. The highest BCUT2D eigenvalue weighted by Crippen LogP contribution is 2.57. The molecule has 0 aliphatic heterocycles. The van der Waals surface area contributed by atoms with Gasteiger partial charge in [0, 0.05) is 9.84 Å². The summed E-state index contributed by atoms with van der Waals surface area (Å²) in [6, 6.07) is 0. The Morgan fingerprint density at radius 1 is 1.54 bits per heavy atom. The molecule has 0 spiro atoms. The van der Waals surface area contributed by atoms with Gasteiger partial charge in [-0.1, -0.05) is 22.6 Å². The average Bonchev–Trinajstić information content (AvgIpc) is 2.39. The maximum atomic E-state index is 11.0. The van der Waals surface area contributed by atoms with Crippen molar-refractivity contribution in [3.05, 3.63) is 0 Å². The Kier molecular flexibility index (Phi) is 2.11. The summed E-state index contributed by atoms with van der Waals surface area (Å²) < 4.78 is 0.341. The lowest BCUT2D eigenvalue weighted by atomic mass is 9.77. The van der Waals surface area contributed by atoms with Crippen molar-refractivity contribution in [2.45, 2.75) is 29.3 Å². The molecule has 0 radical (unpaired) electrons. The molecule has 2 bridgehead atoms. The highest BCUT2D eigenvalue weighted by atomic mass is 127. The standard InChI is InChI=1S/C9H13IO3/c1-9(13)5-3-2-4(7(5)10)6(9)8(11)12/h4-7,13H,2-3H2,1H3,(H,11,12)/t4-,5+,6-,7-,9+/m1/s1. The molecule has 2 aliphatic rings. The summed E-state index contributed by atoms with van der Waals surface area (Å²) in [6.07, 6.45) is 1.94. The topological polar surface area (TPSA) is 57.5 Å². The van der Waals surface area contributed by atoms with Gasteiger partial charge in [-0.05, 0) is 25.7 Å². The smallest absolute Gasteiger partial charge is 0.309 e. The normalized spacial score (nSPS) is 54.1. The number of hydrogen-bond acceptors (Lipinski definition) is 2. The second-order valence-corrected chi connectivity index (χ2v) is 5.77. The minimum absolute atomic E-state index is 0.179. The monoisotopic (exact) mass is 296 g/mol. The third-order valence-corrected chi connectivity index (χ3v) is 5.47. The molecule has 0 aromatic heterocycles. The number of carboxylic acid groups (broad SMARTS) is 1. The van der Waals surface area contributed by atoms with Gasteiger partial charge >= 0.3 is 5.97 Å². The minimum atomic E-state index is -0.986. The molecule has 0 saturated heterocycles. The van der Waals surface area contributed by atoms with Crippen molar-refractivity contribution < 1.29 is 15.0 Å². The Labute approximate surface area is 90.7 Å². The lowest BCUT2D eigenvalue weighted by Crippen LogP contribution is -2.44. The number of alkyl halides is 1. The molecule has 0 amide bonds. The third kappa shape index (κ3) is 1.14. The van der Waals surface area contributed by atoms with E-state index < -0.39 is 17.5 Å². The zero-order valence-corrected chi connectivity index (χ0v) is 9.56. The van der Waals surface area contributed by atoms with Gasteiger partial charge in [-0.25, -0.2) is 0 Å². The van der Waals surface area contributed by atoms with E-state index in [2.05, 4.69) is 22.6 Å². The van der Waals surface area contributed by atoms with E-state index in [1.807, 2.05) is 0 Å². The fourth-order valence-corrected chi connectivity index (χ4v) is 4.91. The van der Waals surface area contributed by atoms with Gasteiger partial charge in [0.1, 0.15) is 0 Å². The quantitative estimate of drug-likeness (QED) is 0.566. The third-order valence-electron chi connectivity index (χ3n) is 3.68. The van der Waals surface area contributed by atoms with Crippen LogP contribution in [0.2, 0.25) is 0 Å². The van der Waals surface area contributed by atoms with Crippen molar-refractivity contribution in [3.8, 4) is 0 Å². The Hall–Kier alpha value is 0.160. The van der Waals surface area contributed by atoms with E-state index in [0.717, 1.165) is 12.8 Å². The van der Waals surface area contributed by atoms with Gasteiger partial charge in [0.05, 0.1) is 11.5 Å². The molecule has 2 N–H and O–H groups in total. The van der Waals surface area contributed by atoms with Crippen LogP contribution in [0.3, 0.4) is 0 Å². The molecule has 0 aromatic rings. The van der Waals surface area contributed by atoms with E-state index in [0.29, 0.717) is 3.92 Å². The fraction of sp³-hybridized carbons (Fsp3) is 0.889. The number of hydrogen-bond donors (Lipinski definition) is 2. The molecule has 2 fully saturated rings. The Balaban J connectivity index is 2.35. The largest absolute Gasteiger partial charge is 0.481 e. The van der Waals surface area contributed by atoms with Crippen LogP contribution in [0.5, 0.6) is 0 Å². The van der Waals surface area contributed by atoms with E-state index >= 15 is 0 Å². The lowest BCUT2D eigenvalue weighted by Gasteiger charge is -2.33. The molecule has 74 valence electrons. The number of carbonyl (C=O) groups is 1. The van der Waals surface area contributed by atoms with Crippen LogP contribution >= 0.6 is 22.6 Å². The van der Waals surface area contributed by atoms with E-state index in [4.69, 9.17) is 5.11 Å². The number of fused-ring (bicyclic) bond motifs is 2. The van der Waals surface area contributed by atoms with Crippen molar-refractivity contribution in [3.63, 3.8) is 0 Å². The molecule has 5 atom stereocenters. The number of carboxylic acids is 1. The molecule has 13 heavy (non-hydrogen) atoms. The van der Waals surface area contributed by atoms with Crippen molar-refractivity contribution in [2.24, 2.45) is 17.8 Å². The van der Waals surface area contributed by atoms with Crippen LogP contribution < -0.4 is 0 Å². The molecule has 2 rings (SSSR count). The molecular weight excluding hydrogens is 283 g/mol.